The largest absolute Gasteiger partial charge is 0.495 e. The van der Waals surface area contributed by atoms with Gasteiger partial charge in [0.05, 0.1) is 42.2 Å². The minimum atomic E-state index is -3.65. The highest BCUT2D eigenvalue weighted by Crippen LogP contribution is 2.40. The summed E-state index contributed by atoms with van der Waals surface area (Å²) in [4.78, 5) is 103. The number of anilines is 5. The van der Waals surface area contributed by atoms with Crippen molar-refractivity contribution in [1.82, 2.24) is 30.4 Å². The predicted octanol–water partition coefficient (Wildman–Crippen LogP) is 4.13. The van der Waals surface area contributed by atoms with Crippen molar-refractivity contribution in [2.24, 2.45) is 0 Å². The van der Waals surface area contributed by atoms with Gasteiger partial charge in [-0.3, -0.25) is 43.8 Å². The van der Waals surface area contributed by atoms with E-state index in [2.05, 4.69) is 31.2 Å². The molecule has 1 aliphatic carbocycles. The minimum Gasteiger partial charge on any atom is -0.495 e. The summed E-state index contributed by atoms with van der Waals surface area (Å²) in [5.41, 5.74) is 0.695. The summed E-state index contributed by atoms with van der Waals surface area (Å²) in [6.45, 7) is 0.256. The average molecular weight is 903 g/mol. The molecular formula is C44H49F3N10O8. The summed E-state index contributed by atoms with van der Waals surface area (Å²) >= 11 is 0. The van der Waals surface area contributed by atoms with Gasteiger partial charge in [-0.05, 0) is 56.7 Å². The van der Waals surface area contributed by atoms with Crippen molar-refractivity contribution in [1.29, 1.82) is 0 Å². The standard InChI is InChI=1S/C44H49F3N10O8/c1-54-32-21-49-43(53-37(32)56(25-9-5-6-10-25)23-44(46,47)42(54)64)51-30-20-28(45)27(19-33(30)65-2)38(60)50-24-16-18-55(22-24)35(59)13-4-3-7-17-48-29-12-8-11-26-36(29)41(63)57(40(26)62)31-14-15-34(58)52-39(31)61/h8,11-12,19-21,24-25,31,48H,3-7,9-10,13-18,22-23H2,1-2H3,(H,50,60)(H,49,51,53)(H,52,58,61)/t24-,31?/m1/s1. The molecule has 18 nitrogen and oxygen atoms in total. The first-order valence-electron chi connectivity index (χ1n) is 21.8. The van der Waals surface area contributed by atoms with E-state index in [1.54, 1.807) is 17.0 Å². The zero-order chi connectivity index (χ0) is 46.2. The summed E-state index contributed by atoms with van der Waals surface area (Å²) in [7, 11) is 2.58. The van der Waals surface area contributed by atoms with Gasteiger partial charge in [-0.1, -0.05) is 25.3 Å². The molecule has 1 saturated carbocycles. The topological polar surface area (TPSA) is 216 Å². The third-order valence-electron chi connectivity index (χ3n) is 12.6. The van der Waals surface area contributed by atoms with Crippen LogP contribution in [0.1, 0.15) is 102 Å². The zero-order valence-electron chi connectivity index (χ0n) is 35.9. The molecule has 2 saturated heterocycles. The van der Waals surface area contributed by atoms with Crippen LogP contribution >= 0.6 is 0 Å². The van der Waals surface area contributed by atoms with Gasteiger partial charge in [-0.25, -0.2) is 9.37 Å². The first kappa shape index (κ1) is 44.8. The van der Waals surface area contributed by atoms with Crippen LogP contribution in [0.15, 0.2) is 36.5 Å². The number of ether oxygens (including phenoxy) is 1. The number of nitrogens with one attached hydrogen (secondary N) is 4. The fraction of sp³-hybridized carbons (Fsp3) is 0.477. The van der Waals surface area contributed by atoms with E-state index < -0.39 is 65.8 Å². The van der Waals surface area contributed by atoms with Gasteiger partial charge in [-0.15, -0.1) is 0 Å². The molecule has 1 unspecified atom stereocenters. The number of piperidine rings is 1. The van der Waals surface area contributed by atoms with Gasteiger partial charge >= 0.3 is 5.92 Å². The molecule has 7 amide bonds. The fourth-order valence-electron chi connectivity index (χ4n) is 9.21. The van der Waals surface area contributed by atoms with Crippen LogP contribution in [-0.4, -0.2) is 126 Å². The Morgan fingerprint density at radius 3 is 2.52 bits per heavy atom. The number of methoxy groups -OCH3 is 1. The summed E-state index contributed by atoms with van der Waals surface area (Å²) in [6, 6.07) is 5.38. The number of imide groups is 2. The molecule has 65 heavy (non-hydrogen) atoms. The van der Waals surface area contributed by atoms with Gasteiger partial charge in [0.2, 0.25) is 23.7 Å². The third kappa shape index (κ3) is 8.99. The molecule has 8 rings (SSSR count). The van der Waals surface area contributed by atoms with Crippen molar-refractivity contribution < 1.29 is 51.5 Å². The Bertz CT molecular complexity index is 2450. The molecule has 21 heteroatoms. The molecule has 1 aromatic heterocycles. The van der Waals surface area contributed by atoms with Crippen LogP contribution in [0.5, 0.6) is 5.75 Å². The Morgan fingerprint density at radius 2 is 1.77 bits per heavy atom. The van der Waals surface area contributed by atoms with Crippen molar-refractivity contribution in [2.45, 2.75) is 94.7 Å². The number of fused-ring (bicyclic) bond motifs is 2. The molecule has 344 valence electrons. The van der Waals surface area contributed by atoms with Crippen LogP contribution in [0.2, 0.25) is 0 Å². The Morgan fingerprint density at radius 1 is 0.985 bits per heavy atom. The number of aromatic nitrogens is 2. The number of alkyl halides is 2. The fourth-order valence-corrected chi connectivity index (χ4v) is 9.21. The van der Waals surface area contributed by atoms with E-state index in [1.165, 1.54) is 37.4 Å². The third-order valence-corrected chi connectivity index (χ3v) is 12.6. The van der Waals surface area contributed by atoms with Gasteiger partial charge in [0.1, 0.15) is 23.3 Å². The minimum absolute atomic E-state index is 0.0257. The summed E-state index contributed by atoms with van der Waals surface area (Å²) < 4.78 is 51.2. The second kappa shape index (κ2) is 18.4. The number of nitrogens with zero attached hydrogens (tertiary/aromatic N) is 6. The van der Waals surface area contributed by atoms with Crippen molar-refractivity contribution in [3.8, 4) is 5.75 Å². The van der Waals surface area contributed by atoms with Gasteiger partial charge in [0.15, 0.2) is 5.82 Å². The highest BCUT2D eigenvalue weighted by Gasteiger charge is 2.49. The first-order valence-corrected chi connectivity index (χ1v) is 21.8. The summed E-state index contributed by atoms with van der Waals surface area (Å²) in [6.07, 6.45) is 7.01. The van der Waals surface area contributed by atoms with E-state index in [0.717, 1.165) is 28.7 Å². The van der Waals surface area contributed by atoms with Gasteiger partial charge in [0.25, 0.3) is 23.6 Å². The molecule has 3 aromatic rings. The maximum absolute atomic E-state index is 15.6. The van der Waals surface area contributed by atoms with Crippen LogP contribution in [-0.2, 0) is 19.2 Å². The van der Waals surface area contributed by atoms with Crippen LogP contribution in [0.4, 0.5) is 42.0 Å². The van der Waals surface area contributed by atoms with Crippen molar-refractivity contribution in [3.05, 3.63) is 59.0 Å². The summed E-state index contributed by atoms with van der Waals surface area (Å²) in [5.74, 6) is -8.86. The SMILES string of the molecule is COc1cc(C(=O)N[C@@H]2CCN(C(=O)CCCCCNc3cccc4c3C(=O)N(C3CCC(=O)NC3=O)C4=O)C2)c(F)cc1Nc1ncc2c(n1)N(C1CCCC1)CC(F)(F)C(=O)N2C. The molecule has 4 aliphatic heterocycles. The second-order valence-corrected chi connectivity index (χ2v) is 16.9. The molecule has 0 bridgehead atoms. The molecule has 5 aliphatic rings. The van der Waals surface area contributed by atoms with Crippen LogP contribution < -0.4 is 35.8 Å². The smallest absolute Gasteiger partial charge is 0.342 e. The molecule has 3 fully saturated rings. The Kier molecular flexibility index (Phi) is 12.7. The Balaban J connectivity index is 0.814. The highest BCUT2D eigenvalue weighted by atomic mass is 19.3. The number of hydrogen-bond acceptors (Lipinski definition) is 13. The van der Waals surface area contributed by atoms with E-state index in [-0.39, 0.29) is 83.3 Å². The number of carbonyl (C=O) groups is 7. The predicted molar refractivity (Wildman–Crippen MR) is 229 cm³/mol. The molecule has 0 radical (unpaired) electrons. The van der Waals surface area contributed by atoms with E-state index in [9.17, 15) is 33.6 Å². The monoisotopic (exact) mass is 902 g/mol. The number of hydrogen-bond donors (Lipinski definition) is 4. The van der Waals surface area contributed by atoms with E-state index in [0.29, 0.717) is 57.3 Å². The van der Waals surface area contributed by atoms with E-state index in [1.807, 2.05) is 0 Å². The maximum Gasteiger partial charge on any atom is 0.342 e. The molecule has 0 spiro atoms. The van der Waals surface area contributed by atoms with E-state index in [4.69, 9.17) is 4.74 Å². The van der Waals surface area contributed by atoms with Crippen LogP contribution in [0.25, 0.3) is 0 Å². The molecular weight excluding hydrogens is 854 g/mol. The number of likely N-dealkylation sites (tertiary alicyclic amines) is 1. The molecule has 4 N–H and O–H groups in total. The number of halogens is 3. The second-order valence-electron chi connectivity index (χ2n) is 16.9. The average Bonchev–Trinajstić information content (AvgIpc) is 4.04. The number of carbonyl (C=O) groups excluding carboxylic acids is 7. The van der Waals surface area contributed by atoms with E-state index >= 15 is 13.2 Å². The van der Waals surface area contributed by atoms with Crippen molar-refractivity contribution in [3.63, 3.8) is 0 Å². The highest BCUT2D eigenvalue weighted by molar-refractivity contribution is 6.25. The number of benzene rings is 2. The molecule has 2 aromatic carbocycles. The van der Waals surface area contributed by atoms with Gasteiger partial charge in [-0.2, -0.15) is 13.8 Å². The maximum atomic E-state index is 15.6. The zero-order valence-corrected chi connectivity index (χ0v) is 35.9. The number of rotatable bonds is 14. The Labute approximate surface area is 371 Å². The normalized spacial score (nSPS) is 20.7. The Hall–Kier alpha value is -6.80. The lowest BCUT2D eigenvalue weighted by Gasteiger charge is -2.31. The van der Waals surface area contributed by atoms with Gasteiger partial charge in [0, 0.05) is 63.4 Å². The first-order chi connectivity index (χ1) is 31.1. The lowest BCUT2D eigenvalue weighted by atomic mass is 10.0. The van der Waals surface area contributed by atoms with Gasteiger partial charge < -0.3 is 35.4 Å². The molecule has 5 heterocycles. The van der Waals surface area contributed by atoms with Crippen molar-refractivity contribution >= 4 is 70.2 Å². The summed E-state index contributed by atoms with van der Waals surface area (Å²) in [5, 5.41) is 11.1. The van der Waals surface area contributed by atoms with Crippen molar-refractivity contribution in [2.75, 3.05) is 60.8 Å². The lowest BCUT2D eigenvalue weighted by Crippen LogP contribution is -2.54. The quantitative estimate of drug-likeness (QED) is 0.133. The van der Waals surface area contributed by atoms with Crippen LogP contribution in [0, 0.1) is 5.82 Å². The molecule has 2 atom stereocenters. The number of amides is 7. The lowest BCUT2D eigenvalue weighted by molar-refractivity contribution is -0.140. The van der Waals surface area contributed by atoms with Crippen LogP contribution in [0.3, 0.4) is 0 Å². The number of unbranched alkanes of at least 4 members (excludes halogenated alkanes) is 2.